The van der Waals surface area contributed by atoms with Crippen LogP contribution in [0.4, 0.5) is 0 Å². The molecule has 1 saturated heterocycles. The van der Waals surface area contributed by atoms with Crippen LogP contribution in [0.2, 0.25) is 0 Å². The van der Waals surface area contributed by atoms with Gasteiger partial charge in [0, 0.05) is 5.70 Å². The van der Waals surface area contributed by atoms with Gasteiger partial charge in [0.25, 0.3) is 0 Å². The first-order valence-corrected chi connectivity index (χ1v) is 6.20. The molecule has 96 valence electrons. The summed E-state index contributed by atoms with van der Waals surface area (Å²) in [5.74, 6) is -1.05. The van der Waals surface area contributed by atoms with E-state index in [1.165, 1.54) is 5.57 Å². The lowest BCUT2D eigenvalue weighted by Gasteiger charge is -2.28. The number of carboxylic acids is 1. The molecule has 1 heterocycles. The Kier molecular flexibility index (Phi) is 3.87. The fraction of sp³-hybridized carbons (Fsp3) is 0.357. The van der Waals surface area contributed by atoms with E-state index >= 15 is 0 Å². The SMILES string of the molecule is N/C(C(=O)O)=C1/CCCC(C2=CC=CCC=C2)N1. The highest BCUT2D eigenvalue weighted by Crippen LogP contribution is 2.23. The summed E-state index contributed by atoms with van der Waals surface area (Å²) in [6, 6.07) is 0.158. The van der Waals surface area contributed by atoms with Crippen molar-refractivity contribution < 1.29 is 9.90 Å². The molecule has 1 fully saturated rings. The minimum Gasteiger partial charge on any atom is -0.477 e. The van der Waals surface area contributed by atoms with Crippen molar-refractivity contribution in [3.63, 3.8) is 0 Å². The lowest BCUT2D eigenvalue weighted by Crippen LogP contribution is -2.36. The highest BCUT2D eigenvalue weighted by atomic mass is 16.4. The van der Waals surface area contributed by atoms with Crippen LogP contribution in [0.1, 0.15) is 25.7 Å². The maximum Gasteiger partial charge on any atom is 0.353 e. The Bertz CT molecular complexity index is 458. The molecule has 0 spiro atoms. The van der Waals surface area contributed by atoms with E-state index in [-0.39, 0.29) is 11.7 Å². The van der Waals surface area contributed by atoms with Crippen LogP contribution in [0.5, 0.6) is 0 Å². The summed E-state index contributed by atoms with van der Waals surface area (Å²) in [5.41, 5.74) is 7.35. The van der Waals surface area contributed by atoms with Crippen molar-refractivity contribution in [1.82, 2.24) is 5.32 Å². The van der Waals surface area contributed by atoms with E-state index < -0.39 is 5.97 Å². The van der Waals surface area contributed by atoms with Crippen LogP contribution in [-0.2, 0) is 4.79 Å². The molecule has 0 bridgehead atoms. The van der Waals surface area contributed by atoms with Crippen LogP contribution in [0.15, 0.2) is 47.3 Å². The highest BCUT2D eigenvalue weighted by Gasteiger charge is 2.21. The predicted molar refractivity (Wildman–Crippen MR) is 70.6 cm³/mol. The van der Waals surface area contributed by atoms with E-state index in [4.69, 9.17) is 10.8 Å². The Morgan fingerprint density at radius 1 is 1.44 bits per heavy atom. The average molecular weight is 246 g/mol. The summed E-state index contributed by atoms with van der Waals surface area (Å²) in [6.07, 6.45) is 14.0. The monoisotopic (exact) mass is 246 g/mol. The van der Waals surface area contributed by atoms with Gasteiger partial charge in [-0.25, -0.2) is 4.79 Å². The van der Waals surface area contributed by atoms with Crippen LogP contribution in [0.25, 0.3) is 0 Å². The standard InChI is InChI=1S/C14H18N2O2/c15-13(14(17)18)12-9-5-8-11(16-12)10-6-3-1-2-4-7-10/h1,3-4,6-7,11,16H,2,5,8-9,15H2,(H,17,18)/b13-12-. The maximum atomic E-state index is 10.9. The second-order valence-electron chi connectivity index (χ2n) is 4.52. The number of hydrogen-bond donors (Lipinski definition) is 3. The van der Waals surface area contributed by atoms with Gasteiger partial charge in [-0.2, -0.15) is 0 Å². The van der Waals surface area contributed by atoms with E-state index in [2.05, 4.69) is 29.6 Å². The van der Waals surface area contributed by atoms with E-state index in [1.807, 2.05) is 6.08 Å². The molecular weight excluding hydrogens is 228 g/mol. The molecular formula is C14H18N2O2. The summed E-state index contributed by atoms with van der Waals surface area (Å²) in [4.78, 5) is 10.9. The number of nitrogens with two attached hydrogens (primary N) is 1. The first-order valence-electron chi connectivity index (χ1n) is 6.20. The molecule has 1 aliphatic heterocycles. The quantitative estimate of drug-likeness (QED) is 0.650. The van der Waals surface area contributed by atoms with Crippen molar-refractivity contribution in [2.75, 3.05) is 0 Å². The van der Waals surface area contributed by atoms with E-state index in [0.29, 0.717) is 12.1 Å². The molecule has 2 aliphatic rings. The molecule has 0 aromatic rings. The van der Waals surface area contributed by atoms with Crippen LogP contribution in [-0.4, -0.2) is 17.1 Å². The van der Waals surface area contributed by atoms with Crippen molar-refractivity contribution in [2.45, 2.75) is 31.7 Å². The van der Waals surface area contributed by atoms with Gasteiger partial charge in [-0.3, -0.25) is 0 Å². The number of rotatable bonds is 2. The fourth-order valence-corrected chi connectivity index (χ4v) is 2.26. The van der Waals surface area contributed by atoms with Gasteiger partial charge >= 0.3 is 5.97 Å². The third kappa shape index (κ3) is 2.83. The van der Waals surface area contributed by atoms with Crippen LogP contribution < -0.4 is 11.1 Å². The Morgan fingerprint density at radius 2 is 2.28 bits per heavy atom. The van der Waals surface area contributed by atoms with E-state index in [9.17, 15) is 4.79 Å². The fourth-order valence-electron chi connectivity index (χ4n) is 2.26. The van der Waals surface area contributed by atoms with Gasteiger partial charge in [0.1, 0.15) is 5.70 Å². The van der Waals surface area contributed by atoms with Crippen LogP contribution in [0.3, 0.4) is 0 Å². The summed E-state index contributed by atoms with van der Waals surface area (Å²) < 4.78 is 0. The number of carbonyl (C=O) groups is 1. The largest absolute Gasteiger partial charge is 0.477 e. The number of carboxylic acid groups (broad SMARTS) is 1. The molecule has 2 rings (SSSR count). The highest BCUT2D eigenvalue weighted by molar-refractivity contribution is 5.86. The van der Waals surface area contributed by atoms with Crippen molar-refractivity contribution in [3.05, 3.63) is 47.3 Å². The molecule has 0 aromatic carbocycles. The molecule has 0 aromatic heterocycles. The van der Waals surface area contributed by atoms with Crippen molar-refractivity contribution >= 4 is 5.97 Å². The normalized spacial score (nSPS) is 26.0. The Morgan fingerprint density at radius 3 is 3.06 bits per heavy atom. The zero-order valence-electron chi connectivity index (χ0n) is 10.2. The minimum atomic E-state index is -1.05. The van der Waals surface area contributed by atoms with Gasteiger partial charge in [-0.15, -0.1) is 0 Å². The second kappa shape index (κ2) is 5.58. The predicted octanol–water partition coefficient (Wildman–Crippen LogP) is 1.83. The first kappa shape index (κ1) is 12.5. The average Bonchev–Trinajstić information content (AvgIpc) is 2.66. The Balaban J connectivity index is 2.16. The Hall–Kier alpha value is -1.97. The molecule has 4 heteroatoms. The minimum absolute atomic E-state index is 0.0616. The topological polar surface area (TPSA) is 75.4 Å². The van der Waals surface area contributed by atoms with Crippen molar-refractivity contribution in [3.8, 4) is 0 Å². The van der Waals surface area contributed by atoms with Crippen molar-refractivity contribution in [2.24, 2.45) is 5.73 Å². The summed E-state index contributed by atoms with van der Waals surface area (Å²) in [7, 11) is 0. The van der Waals surface area contributed by atoms with Crippen LogP contribution >= 0.6 is 0 Å². The molecule has 1 atom stereocenters. The second-order valence-corrected chi connectivity index (χ2v) is 4.52. The molecule has 1 unspecified atom stereocenters. The lowest BCUT2D eigenvalue weighted by molar-refractivity contribution is -0.132. The number of nitrogens with one attached hydrogen (secondary N) is 1. The maximum absolute atomic E-state index is 10.9. The number of piperidine rings is 1. The summed E-state index contributed by atoms with van der Waals surface area (Å²) >= 11 is 0. The van der Waals surface area contributed by atoms with Gasteiger partial charge in [-0.05, 0) is 31.3 Å². The van der Waals surface area contributed by atoms with E-state index in [1.54, 1.807) is 0 Å². The van der Waals surface area contributed by atoms with Gasteiger partial charge in [0.15, 0.2) is 0 Å². The molecule has 0 saturated carbocycles. The Labute approximate surface area is 107 Å². The van der Waals surface area contributed by atoms with Gasteiger partial charge in [-0.1, -0.05) is 30.4 Å². The molecule has 18 heavy (non-hydrogen) atoms. The molecule has 1 aliphatic carbocycles. The van der Waals surface area contributed by atoms with Gasteiger partial charge < -0.3 is 16.2 Å². The van der Waals surface area contributed by atoms with Crippen LogP contribution in [0, 0.1) is 0 Å². The lowest BCUT2D eigenvalue weighted by atomic mass is 9.94. The van der Waals surface area contributed by atoms with E-state index in [0.717, 1.165) is 19.3 Å². The van der Waals surface area contributed by atoms with Crippen molar-refractivity contribution in [1.29, 1.82) is 0 Å². The number of hydrogen-bond acceptors (Lipinski definition) is 3. The van der Waals surface area contributed by atoms with Gasteiger partial charge in [0.2, 0.25) is 0 Å². The number of allylic oxidation sites excluding steroid dienone is 5. The third-order valence-corrected chi connectivity index (χ3v) is 3.23. The molecule has 0 radical (unpaired) electrons. The summed E-state index contributed by atoms with van der Waals surface area (Å²) in [5, 5.41) is 12.2. The number of aliphatic carboxylic acids is 1. The zero-order valence-corrected chi connectivity index (χ0v) is 10.2. The summed E-state index contributed by atoms with van der Waals surface area (Å²) in [6.45, 7) is 0. The molecule has 0 amide bonds. The molecule has 4 nitrogen and oxygen atoms in total. The third-order valence-electron chi connectivity index (χ3n) is 3.23. The van der Waals surface area contributed by atoms with Gasteiger partial charge in [0.05, 0.1) is 6.04 Å². The smallest absolute Gasteiger partial charge is 0.353 e. The zero-order chi connectivity index (χ0) is 13.0. The first-order chi connectivity index (χ1) is 8.68. The molecule has 4 N–H and O–H groups in total.